The van der Waals surface area contributed by atoms with Crippen molar-refractivity contribution in [2.24, 2.45) is 5.73 Å². The number of benzene rings is 1. The normalized spacial score (nSPS) is 20.4. The third-order valence-corrected chi connectivity index (χ3v) is 2.79. The van der Waals surface area contributed by atoms with Crippen LogP contribution in [0.1, 0.15) is 26.3 Å². The van der Waals surface area contributed by atoms with Gasteiger partial charge in [0, 0.05) is 22.5 Å². The number of hydrogen-bond donors (Lipinski definition) is 2. The van der Waals surface area contributed by atoms with E-state index >= 15 is 0 Å². The van der Waals surface area contributed by atoms with E-state index in [9.17, 15) is 5.11 Å². The lowest BCUT2D eigenvalue weighted by Gasteiger charge is -2.43. The fourth-order valence-corrected chi connectivity index (χ4v) is 2.15. The second kappa shape index (κ2) is 3.52. The van der Waals surface area contributed by atoms with Crippen LogP contribution in [0.3, 0.4) is 0 Å². The van der Waals surface area contributed by atoms with E-state index in [4.69, 9.17) is 5.73 Å². The fourth-order valence-electron chi connectivity index (χ4n) is 2.15. The first-order valence-corrected chi connectivity index (χ1v) is 5.45. The van der Waals surface area contributed by atoms with Gasteiger partial charge >= 0.3 is 0 Å². The standard InChI is InChI=1S/C13H18N2O/c1-13(2,3)15-11-7-5-4-6-9(11)10(14)8-12(15)16/h4-8,12,16H,14H2,1-3H3. The van der Waals surface area contributed by atoms with Crippen molar-refractivity contribution in [1.29, 1.82) is 0 Å². The van der Waals surface area contributed by atoms with Crippen LogP contribution < -0.4 is 10.6 Å². The Morgan fingerprint density at radius 1 is 1.25 bits per heavy atom. The number of nitrogens with zero attached hydrogens (tertiary/aromatic N) is 1. The van der Waals surface area contributed by atoms with Gasteiger partial charge in [-0.15, -0.1) is 0 Å². The molecular weight excluding hydrogens is 200 g/mol. The van der Waals surface area contributed by atoms with Crippen LogP contribution >= 0.6 is 0 Å². The van der Waals surface area contributed by atoms with E-state index in [-0.39, 0.29) is 5.54 Å². The summed E-state index contributed by atoms with van der Waals surface area (Å²) in [4.78, 5) is 1.97. The maximum Gasteiger partial charge on any atom is 0.148 e. The molecule has 0 radical (unpaired) electrons. The number of rotatable bonds is 0. The van der Waals surface area contributed by atoms with Crippen LogP contribution in [-0.4, -0.2) is 16.9 Å². The molecule has 86 valence electrons. The first-order valence-electron chi connectivity index (χ1n) is 5.45. The Morgan fingerprint density at radius 3 is 2.50 bits per heavy atom. The predicted octanol–water partition coefficient (Wildman–Crippen LogP) is 1.92. The monoisotopic (exact) mass is 218 g/mol. The van der Waals surface area contributed by atoms with Gasteiger partial charge in [0.2, 0.25) is 0 Å². The number of hydrogen-bond acceptors (Lipinski definition) is 3. The highest BCUT2D eigenvalue weighted by atomic mass is 16.3. The average Bonchev–Trinajstić information content (AvgIpc) is 2.15. The molecule has 0 aromatic heterocycles. The zero-order chi connectivity index (χ0) is 11.9. The number of nitrogens with two attached hydrogens (primary N) is 1. The number of aliphatic hydroxyl groups excluding tert-OH is 1. The van der Waals surface area contributed by atoms with Gasteiger partial charge in [-0.25, -0.2) is 0 Å². The Morgan fingerprint density at radius 2 is 1.88 bits per heavy atom. The molecule has 0 aliphatic carbocycles. The molecule has 1 aromatic carbocycles. The third kappa shape index (κ3) is 1.67. The van der Waals surface area contributed by atoms with Crippen LogP contribution in [-0.2, 0) is 0 Å². The predicted molar refractivity (Wildman–Crippen MR) is 66.8 cm³/mol. The Bertz CT molecular complexity index is 432. The molecule has 2 rings (SSSR count). The van der Waals surface area contributed by atoms with Crippen molar-refractivity contribution in [3.8, 4) is 0 Å². The molecule has 1 atom stereocenters. The summed E-state index contributed by atoms with van der Waals surface area (Å²) in [5, 5.41) is 10.1. The highest BCUT2D eigenvalue weighted by Gasteiger charge is 2.31. The Balaban J connectivity index is 2.58. The zero-order valence-electron chi connectivity index (χ0n) is 9.94. The summed E-state index contributed by atoms with van der Waals surface area (Å²) in [7, 11) is 0. The van der Waals surface area contributed by atoms with Gasteiger partial charge in [-0.05, 0) is 32.9 Å². The minimum Gasteiger partial charge on any atom is -0.398 e. The van der Waals surface area contributed by atoms with E-state index in [0.29, 0.717) is 5.70 Å². The van der Waals surface area contributed by atoms with E-state index in [0.717, 1.165) is 11.3 Å². The highest BCUT2D eigenvalue weighted by molar-refractivity contribution is 5.79. The topological polar surface area (TPSA) is 49.5 Å². The van der Waals surface area contributed by atoms with Gasteiger partial charge in [0.1, 0.15) is 6.23 Å². The number of aliphatic hydroxyl groups is 1. The lowest BCUT2D eigenvalue weighted by Crippen LogP contribution is -2.49. The van der Waals surface area contributed by atoms with E-state index < -0.39 is 6.23 Å². The van der Waals surface area contributed by atoms with Gasteiger partial charge in [-0.2, -0.15) is 0 Å². The van der Waals surface area contributed by atoms with Gasteiger partial charge in [0.05, 0.1) is 0 Å². The van der Waals surface area contributed by atoms with Crippen LogP contribution in [0.4, 0.5) is 5.69 Å². The van der Waals surface area contributed by atoms with Crippen LogP contribution in [0.25, 0.3) is 5.70 Å². The number of para-hydroxylation sites is 1. The highest BCUT2D eigenvalue weighted by Crippen LogP contribution is 2.35. The zero-order valence-corrected chi connectivity index (χ0v) is 9.94. The second-order valence-corrected chi connectivity index (χ2v) is 5.09. The average molecular weight is 218 g/mol. The molecule has 0 amide bonds. The third-order valence-electron chi connectivity index (χ3n) is 2.79. The molecule has 3 heteroatoms. The maximum absolute atomic E-state index is 10.1. The summed E-state index contributed by atoms with van der Waals surface area (Å²) in [5.74, 6) is 0. The van der Waals surface area contributed by atoms with E-state index in [1.807, 2.05) is 29.2 Å². The minimum atomic E-state index is -0.658. The Kier molecular flexibility index (Phi) is 2.43. The summed E-state index contributed by atoms with van der Waals surface area (Å²) < 4.78 is 0. The van der Waals surface area contributed by atoms with Gasteiger partial charge in [-0.1, -0.05) is 18.2 Å². The summed E-state index contributed by atoms with van der Waals surface area (Å²) in [6.45, 7) is 6.22. The first-order chi connectivity index (χ1) is 7.41. The molecule has 0 bridgehead atoms. The van der Waals surface area contributed by atoms with Crippen LogP contribution in [0.15, 0.2) is 30.3 Å². The van der Waals surface area contributed by atoms with Gasteiger partial charge < -0.3 is 15.7 Å². The number of fused-ring (bicyclic) bond motifs is 1. The van der Waals surface area contributed by atoms with E-state index in [1.54, 1.807) is 6.08 Å². The fraction of sp³-hybridized carbons (Fsp3) is 0.385. The van der Waals surface area contributed by atoms with Gasteiger partial charge in [-0.3, -0.25) is 0 Å². The lowest BCUT2D eigenvalue weighted by molar-refractivity contribution is 0.188. The van der Waals surface area contributed by atoms with E-state index in [1.165, 1.54) is 0 Å². The molecule has 0 fully saturated rings. The lowest BCUT2D eigenvalue weighted by atomic mass is 9.97. The smallest absolute Gasteiger partial charge is 0.148 e. The molecule has 0 spiro atoms. The molecule has 1 aliphatic heterocycles. The quantitative estimate of drug-likeness (QED) is 0.699. The minimum absolute atomic E-state index is 0.146. The van der Waals surface area contributed by atoms with Crippen molar-refractivity contribution in [2.45, 2.75) is 32.5 Å². The van der Waals surface area contributed by atoms with Crippen molar-refractivity contribution >= 4 is 11.4 Å². The SMILES string of the molecule is CC(C)(C)N1c2ccccc2C(N)=CC1O. The van der Waals surface area contributed by atoms with Gasteiger partial charge in [0.15, 0.2) is 0 Å². The molecular formula is C13H18N2O. The molecule has 1 heterocycles. The molecule has 1 aromatic rings. The summed E-state index contributed by atoms with van der Waals surface area (Å²) in [6, 6.07) is 7.89. The second-order valence-electron chi connectivity index (χ2n) is 5.09. The molecule has 3 nitrogen and oxygen atoms in total. The molecule has 1 aliphatic rings. The van der Waals surface area contributed by atoms with Crippen LogP contribution in [0.5, 0.6) is 0 Å². The van der Waals surface area contributed by atoms with Crippen molar-refractivity contribution in [3.05, 3.63) is 35.9 Å². The number of anilines is 1. The van der Waals surface area contributed by atoms with Crippen molar-refractivity contribution in [2.75, 3.05) is 4.90 Å². The van der Waals surface area contributed by atoms with Gasteiger partial charge in [0.25, 0.3) is 0 Å². The molecule has 1 unspecified atom stereocenters. The van der Waals surface area contributed by atoms with Crippen molar-refractivity contribution in [1.82, 2.24) is 0 Å². The van der Waals surface area contributed by atoms with Crippen LogP contribution in [0.2, 0.25) is 0 Å². The molecule has 3 N–H and O–H groups in total. The summed E-state index contributed by atoms with van der Waals surface area (Å²) >= 11 is 0. The molecule has 0 saturated heterocycles. The summed E-state index contributed by atoms with van der Waals surface area (Å²) in [6.07, 6.45) is 1.03. The van der Waals surface area contributed by atoms with Crippen LogP contribution in [0, 0.1) is 0 Å². The van der Waals surface area contributed by atoms with E-state index in [2.05, 4.69) is 20.8 Å². The van der Waals surface area contributed by atoms with Crippen molar-refractivity contribution < 1.29 is 5.11 Å². The largest absolute Gasteiger partial charge is 0.398 e. The molecule has 16 heavy (non-hydrogen) atoms. The van der Waals surface area contributed by atoms with Crippen molar-refractivity contribution in [3.63, 3.8) is 0 Å². The summed E-state index contributed by atoms with van der Waals surface area (Å²) in [5.41, 5.74) is 8.39. The first kappa shape index (κ1) is 11.0. The Hall–Kier alpha value is -1.48. The molecule has 0 saturated carbocycles. The Labute approximate surface area is 96.2 Å². The maximum atomic E-state index is 10.1.